The summed E-state index contributed by atoms with van der Waals surface area (Å²) in [7, 11) is 2.17. The van der Waals surface area contributed by atoms with Crippen molar-refractivity contribution < 1.29 is 4.79 Å². The van der Waals surface area contributed by atoms with E-state index in [0.29, 0.717) is 5.92 Å². The lowest BCUT2D eigenvalue weighted by molar-refractivity contribution is -0.106. The Kier molecular flexibility index (Phi) is 11.7. The zero-order valence-electron chi connectivity index (χ0n) is 16.8. The summed E-state index contributed by atoms with van der Waals surface area (Å²) in [5, 5.41) is 0.777. The van der Waals surface area contributed by atoms with E-state index < -0.39 is 0 Å². The second kappa shape index (κ2) is 13.5. The minimum atomic E-state index is 0.158. The number of halogens is 1. The van der Waals surface area contributed by atoms with Crippen LogP contribution < -0.4 is 5.73 Å². The normalized spacial score (nSPS) is 15.6. The molecule has 0 aliphatic carbocycles. The fourth-order valence-corrected chi connectivity index (χ4v) is 3.18. The standard InChI is InChI=1S/C13H19ClN2.C8H10.C2H4O/c1-16-8-6-11(7-9-16)13(15)10-2-4-12(14)5-3-10;1-2-8-6-4-3-5-7-8;1-2-3/h2-5,11,13H,6-9,15H2,1H3;3-7H,2H2,1H3;2H,1H3. The number of likely N-dealkylation sites (tertiary alicyclic amines) is 1. The monoisotopic (exact) mass is 388 g/mol. The number of aldehydes is 1. The molecular weight excluding hydrogens is 356 g/mol. The summed E-state index contributed by atoms with van der Waals surface area (Å²) in [5.41, 5.74) is 8.92. The van der Waals surface area contributed by atoms with Gasteiger partial charge in [-0.25, -0.2) is 0 Å². The summed E-state index contributed by atoms with van der Waals surface area (Å²) < 4.78 is 0. The smallest absolute Gasteiger partial charge is 0.116 e. The molecule has 148 valence electrons. The van der Waals surface area contributed by atoms with Gasteiger partial charge in [-0.05, 0) is 75.5 Å². The highest BCUT2D eigenvalue weighted by Crippen LogP contribution is 2.29. The van der Waals surface area contributed by atoms with Crippen LogP contribution in [0, 0.1) is 5.92 Å². The van der Waals surface area contributed by atoms with Crippen LogP contribution in [0.4, 0.5) is 0 Å². The fraction of sp³-hybridized carbons (Fsp3) is 0.435. The largest absolute Gasteiger partial charge is 0.324 e. The van der Waals surface area contributed by atoms with Crippen LogP contribution in [-0.2, 0) is 11.2 Å². The number of piperidine rings is 1. The zero-order valence-corrected chi connectivity index (χ0v) is 17.5. The first-order chi connectivity index (χ1) is 13.0. The molecular formula is C23H33ClN2O. The quantitative estimate of drug-likeness (QED) is 0.741. The maximum absolute atomic E-state index is 8.81. The van der Waals surface area contributed by atoms with Gasteiger partial charge >= 0.3 is 0 Å². The number of benzene rings is 2. The van der Waals surface area contributed by atoms with Crippen LogP contribution in [0.3, 0.4) is 0 Å². The number of rotatable bonds is 3. The first-order valence-corrected chi connectivity index (χ1v) is 10.0. The fourth-order valence-electron chi connectivity index (χ4n) is 3.06. The van der Waals surface area contributed by atoms with E-state index in [2.05, 4.69) is 43.1 Å². The van der Waals surface area contributed by atoms with Crippen molar-refractivity contribution in [2.75, 3.05) is 20.1 Å². The summed E-state index contributed by atoms with van der Waals surface area (Å²) >= 11 is 5.87. The predicted octanol–water partition coefficient (Wildman–Crippen LogP) is 5.14. The van der Waals surface area contributed by atoms with Gasteiger partial charge in [0.1, 0.15) is 6.29 Å². The Morgan fingerprint density at radius 1 is 1.11 bits per heavy atom. The molecule has 1 fully saturated rings. The summed E-state index contributed by atoms with van der Waals surface area (Å²) in [6.07, 6.45) is 4.28. The van der Waals surface area contributed by atoms with E-state index in [-0.39, 0.29) is 6.04 Å². The SMILES string of the molecule is CC=O.CCc1ccccc1.CN1CCC(C(N)c2ccc(Cl)cc2)CC1. The van der Waals surface area contributed by atoms with E-state index in [4.69, 9.17) is 22.1 Å². The molecule has 2 aromatic carbocycles. The minimum absolute atomic E-state index is 0.158. The molecule has 3 rings (SSSR count). The predicted molar refractivity (Wildman–Crippen MR) is 116 cm³/mol. The minimum Gasteiger partial charge on any atom is -0.324 e. The van der Waals surface area contributed by atoms with Crippen molar-refractivity contribution in [2.24, 2.45) is 11.7 Å². The summed E-state index contributed by atoms with van der Waals surface area (Å²) in [6, 6.07) is 18.6. The van der Waals surface area contributed by atoms with Gasteiger partial charge < -0.3 is 15.4 Å². The number of nitrogens with two attached hydrogens (primary N) is 1. The average Bonchev–Trinajstić information content (AvgIpc) is 2.70. The Morgan fingerprint density at radius 3 is 2.07 bits per heavy atom. The number of carbonyl (C=O) groups excluding carboxylic acids is 1. The van der Waals surface area contributed by atoms with E-state index in [1.54, 1.807) is 0 Å². The highest BCUT2D eigenvalue weighted by molar-refractivity contribution is 6.30. The molecule has 1 atom stereocenters. The van der Waals surface area contributed by atoms with Crippen molar-refractivity contribution in [1.29, 1.82) is 0 Å². The van der Waals surface area contributed by atoms with Crippen LogP contribution in [-0.4, -0.2) is 31.3 Å². The summed E-state index contributed by atoms with van der Waals surface area (Å²) in [5.74, 6) is 0.609. The van der Waals surface area contributed by atoms with Crippen molar-refractivity contribution in [3.05, 3.63) is 70.7 Å². The van der Waals surface area contributed by atoms with Gasteiger partial charge in [-0.15, -0.1) is 0 Å². The number of hydrogen-bond acceptors (Lipinski definition) is 3. The molecule has 0 spiro atoms. The molecule has 0 radical (unpaired) electrons. The molecule has 2 N–H and O–H groups in total. The Labute approximate surface area is 169 Å². The molecule has 1 unspecified atom stereocenters. The van der Waals surface area contributed by atoms with Gasteiger partial charge in [-0.3, -0.25) is 0 Å². The Hall–Kier alpha value is -1.68. The Bertz CT molecular complexity index is 623. The molecule has 1 aliphatic heterocycles. The highest BCUT2D eigenvalue weighted by atomic mass is 35.5. The summed E-state index contributed by atoms with van der Waals surface area (Å²) in [6.45, 7) is 5.92. The van der Waals surface area contributed by atoms with Crippen molar-refractivity contribution in [1.82, 2.24) is 4.90 Å². The van der Waals surface area contributed by atoms with Crippen LogP contribution in [0.25, 0.3) is 0 Å². The van der Waals surface area contributed by atoms with Crippen molar-refractivity contribution in [2.45, 2.75) is 39.2 Å². The van der Waals surface area contributed by atoms with E-state index in [9.17, 15) is 0 Å². The van der Waals surface area contributed by atoms with Crippen molar-refractivity contribution in [3.8, 4) is 0 Å². The third-order valence-corrected chi connectivity index (χ3v) is 5.03. The van der Waals surface area contributed by atoms with Gasteiger partial charge in [-0.1, -0.05) is 61.0 Å². The van der Waals surface area contributed by atoms with Gasteiger partial charge in [0, 0.05) is 11.1 Å². The number of nitrogens with zero attached hydrogens (tertiary/aromatic N) is 1. The van der Waals surface area contributed by atoms with Crippen LogP contribution in [0.5, 0.6) is 0 Å². The molecule has 1 aliphatic rings. The topological polar surface area (TPSA) is 46.3 Å². The molecule has 4 heteroatoms. The van der Waals surface area contributed by atoms with Crippen molar-refractivity contribution >= 4 is 17.9 Å². The van der Waals surface area contributed by atoms with Gasteiger partial charge in [0.25, 0.3) is 0 Å². The molecule has 1 heterocycles. The molecule has 1 saturated heterocycles. The van der Waals surface area contributed by atoms with Crippen LogP contribution in [0.2, 0.25) is 5.02 Å². The average molecular weight is 389 g/mol. The maximum atomic E-state index is 8.81. The second-order valence-electron chi connectivity index (χ2n) is 6.79. The molecule has 27 heavy (non-hydrogen) atoms. The van der Waals surface area contributed by atoms with Gasteiger partial charge in [0.15, 0.2) is 0 Å². The molecule has 0 bridgehead atoms. The van der Waals surface area contributed by atoms with E-state index in [0.717, 1.165) is 30.8 Å². The lowest BCUT2D eigenvalue weighted by Crippen LogP contribution is -2.35. The first kappa shape index (κ1) is 23.4. The lowest BCUT2D eigenvalue weighted by Gasteiger charge is -2.32. The van der Waals surface area contributed by atoms with Crippen LogP contribution in [0.1, 0.15) is 43.9 Å². The number of hydrogen-bond donors (Lipinski definition) is 1. The van der Waals surface area contributed by atoms with E-state index in [1.165, 1.54) is 30.9 Å². The van der Waals surface area contributed by atoms with Gasteiger partial charge in [0.05, 0.1) is 0 Å². The highest BCUT2D eigenvalue weighted by Gasteiger charge is 2.23. The van der Waals surface area contributed by atoms with Crippen molar-refractivity contribution in [3.63, 3.8) is 0 Å². The van der Waals surface area contributed by atoms with E-state index >= 15 is 0 Å². The molecule has 0 amide bonds. The third kappa shape index (κ3) is 9.18. The zero-order chi connectivity index (χ0) is 20.1. The molecule has 0 saturated carbocycles. The van der Waals surface area contributed by atoms with E-state index in [1.807, 2.05) is 30.3 Å². The first-order valence-electron chi connectivity index (χ1n) is 9.65. The van der Waals surface area contributed by atoms with Crippen LogP contribution in [0.15, 0.2) is 54.6 Å². The number of aryl methyl sites for hydroxylation is 1. The molecule has 2 aromatic rings. The molecule has 3 nitrogen and oxygen atoms in total. The lowest BCUT2D eigenvalue weighted by atomic mass is 9.86. The van der Waals surface area contributed by atoms with Crippen LogP contribution >= 0.6 is 11.6 Å². The molecule has 0 aromatic heterocycles. The maximum Gasteiger partial charge on any atom is 0.116 e. The van der Waals surface area contributed by atoms with Gasteiger partial charge in [-0.2, -0.15) is 0 Å². The van der Waals surface area contributed by atoms with Gasteiger partial charge in [0.2, 0.25) is 0 Å². The Morgan fingerprint density at radius 2 is 1.63 bits per heavy atom. The Balaban J connectivity index is 0.000000277. The summed E-state index contributed by atoms with van der Waals surface area (Å²) in [4.78, 5) is 11.2. The number of carbonyl (C=O) groups is 1. The third-order valence-electron chi connectivity index (χ3n) is 4.78. The second-order valence-corrected chi connectivity index (χ2v) is 7.23.